The molecule has 7 heteroatoms. The zero-order valence-corrected chi connectivity index (χ0v) is 17.8. The molecule has 0 aliphatic rings. The van der Waals surface area contributed by atoms with Crippen molar-refractivity contribution in [1.29, 1.82) is 0 Å². The van der Waals surface area contributed by atoms with Crippen LogP contribution in [-0.4, -0.2) is 27.8 Å². The third-order valence-electron chi connectivity index (χ3n) is 4.43. The van der Waals surface area contributed by atoms with Gasteiger partial charge in [0.25, 0.3) is 5.56 Å². The second kappa shape index (κ2) is 8.75. The highest BCUT2D eigenvalue weighted by atomic mass is 32.2. The van der Waals surface area contributed by atoms with E-state index in [1.807, 2.05) is 43.3 Å². The molecule has 0 aliphatic carbocycles. The predicted octanol–water partition coefficient (Wildman–Crippen LogP) is 4.35. The molecule has 3 aromatic rings. The van der Waals surface area contributed by atoms with Crippen LogP contribution < -0.4 is 10.5 Å². The molecule has 5 nitrogen and oxygen atoms in total. The van der Waals surface area contributed by atoms with Crippen LogP contribution in [0.25, 0.3) is 10.2 Å². The van der Waals surface area contributed by atoms with Gasteiger partial charge in [0.15, 0.2) is 5.16 Å². The molecule has 0 radical (unpaired) electrons. The average Bonchev–Trinajstić information content (AvgIpc) is 3.14. The fourth-order valence-corrected chi connectivity index (χ4v) is 4.88. The van der Waals surface area contributed by atoms with Gasteiger partial charge in [-0.15, -0.1) is 17.9 Å². The van der Waals surface area contributed by atoms with Gasteiger partial charge in [0, 0.05) is 24.2 Å². The number of hydrogen-bond donors (Lipinski definition) is 0. The van der Waals surface area contributed by atoms with Gasteiger partial charge in [0.1, 0.15) is 4.83 Å². The lowest BCUT2D eigenvalue weighted by atomic mass is 10.3. The lowest BCUT2D eigenvalue weighted by Crippen LogP contribution is -2.34. The van der Waals surface area contributed by atoms with Crippen LogP contribution in [0.1, 0.15) is 18.7 Å². The van der Waals surface area contributed by atoms with E-state index in [0.29, 0.717) is 17.1 Å². The standard InChI is InChI=1S/C21H23N3O2S2/c1-5-12-24-20(26)17-13-16(6-2)28-18(17)22-21(24)27-14(3)19(25)23(4)15-10-8-7-9-11-15/h5,7-11,13-14H,1,6,12H2,2-4H3. The molecule has 1 aromatic carbocycles. The molecule has 0 fully saturated rings. The van der Waals surface area contributed by atoms with Gasteiger partial charge >= 0.3 is 0 Å². The zero-order chi connectivity index (χ0) is 20.3. The largest absolute Gasteiger partial charge is 0.315 e. The van der Waals surface area contributed by atoms with Crippen molar-refractivity contribution in [1.82, 2.24) is 9.55 Å². The first-order valence-electron chi connectivity index (χ1n) is 9.09. The quantitative estimate of drug-likeness (QED) is 0.328. The number of hydrogen-bond acceptors (Lipinski definition) is 5. The van der Waals surface area contributed by atoms with Crippen LogP contribution in [0, 0.1) is 0 Å². The fourth-order valence-electron chi connectivity index (χ4n) is 2.86. The number of nitrogens with zero attached hydrogens (tertiary/aromatic N) is 3. The molecule has 1 amide bonds. The zero-order valence-electron chi connectivity index (χ0n) is 16.2. The Morgan fingerprint density at radius 2 is 2.11 bits per heavy atom. The first-order chi connectivity index (χ1) is 13.5. The Morgan fingerprint density at radius 1 is 1.39 bits per heavy atom. The number of para-hydroxylation sites is 1. The molecule has 0 aliphatic heterocycles. The molecule has 0 saturated carbocycles. The van der Waals surface area contributed by atoms with Crippen LogP contribution in [0.4, 0.5) is 5.69 Å². The smallest absolute Gasteiger partial charge is 0.263 e. The summed E-state index contributed by atoms with van der Waals surface area (Å²) in [7, 11) is 1.76. The van der Waals surface area contributed by atoms with Crippen molar-refractivity contribution in [3.63, 3.8) is 0 Å². The maximum atomic E-state index is 12.9. The van der Waals surface area contributed by atoms with Gasteiger partial charge in [-0.2, -0.15) is 0 Å². The molecule has 2 aromatic heterocycles. The van der Waals surface area contributed by atoms with Crippen molar-refractivity contribution in [2.75, 3.05) is 11.9 Å². The third kappa shape index (κ3) is 4.05. The number of rotatable bonds is 7. The van der Waals surface area contributed by atoms with E-state index in [-0.39, 0.29) is 11.5 Å². The van der Waals surface area contributed by atoms with Crippen molar-refractivity contribution in [3.05, 3.63) is 64.3 Å². The number of thioether (sulfide) groups is 1. The van der Waals surface area contributed by atoms with Crippen LogP contribution in [0.3, 0.4) is 0 Å². The first kappa shape index (κ1) is 20.4. The Balaban J connectivity index is 1.93. The van der Waals surface area contributed by atoms with Gasteiger partial charge in [-0.3, -0.25) is 14.2 Å². The summed E-state index contributed by atoms with van der Waals surface area (Å²) < 4.78 is 1.60. The lowest BCUT2D eigenvalue weighted by molar-refractivity contribution is -0.117. The maximum absolute atomic E-state index is 12.9. The summed E-state index contributed by atoms with van der Waals surface area (Å²) in [5, 5.41) is 0.786. The summed E-state index contributed by atoms with van der Waals surface area (Å²) in [5.74, 6) is -0.0453. The lowest BCUT2D eigenvalue weighted by Gasteiger charge is -2.21. The number of carbonyl (C=O) groups excluding carboxylic acids is 1. The highest BCUT2D eigenvalue weighted by Crippen LogP contribution is 2.28. The second-order valence-electron chi connectivity index (χ2n) is 6.38. The fraction of sp³-hybridized carbons (Fsp3) is 0.286. The number of allylic oxidation sites excluding steroid dienone is 1. The number of thiophene rings is 1. The van der Waals surface area contributed by atoms with E-state index in [4.69, 9.17) is 4.98 Å². The van der Waals surface area contributed by atoms with Crippen LogP contribution >= 0.6 is 23.1 Å². The molecular weight excluding hydrogens is 390 g/mol. The number of anilines is 1. The van der Waals surface area contributed by atoms with Gasteiger partial charge in [-0.1, -0.05) is 43.0 Å². The topological polar surface area (TPSA) is 55.2 Å². The Hall–Kier alpha value is -2.38. The summed E-state index contributed by atoms with van der Waals surface area (Å²) in [6.07, 6.45) is 2.54. The Bertz CT molecular complexity index is 1060. The molecule has 0 N–H and O–H groups in total. The number of amides is 1. The average molecular weight is 414 g/mol. The van der Waals surface area contributed by atoms with Gasteiger partial charge < -0.3 is 4.90 Å². The summed E-state index contributed by atoms with van der Waals surface area (Å²) in [4.78, 5) is 34.0. The van der Waals surface area contributed by atoms with Crippen molar-refractivity contribution >= 4 is 44.9 Å². The summed E-state index contributed by atoms with van der Waals surface area (Å²) in [6, 6.07) is 11.4. The third-order valence-corrected chi connectivity index (χ3v) is 6.68. The normalized spacial score (nSPS) is 12.1. The van der Waals surface area contributed by atoms with E-state index in [9.17, 15) is 9.59 Å². The SMILES string of the molecule is C=CCn1c(SC(C)C(=O)N(C)c2ccccc2)nc2sc(CC)cc2c1=O. The minimum absolute atomic E-state index is 0.0453. The molecule has 0 bridgehead atoms. The highest BCUT2D eigenvalue weighted by Gasteiger charge is 2.23. The van der Waals surface area contributed by atoms with E-state index in [1.165, 1.54) is 23.1 Å². The van der Waals surface area contributed by atoms with Crippen LogP contribution in [0.2, 0.25) is 0 Å². The molecule has 3 rings (SSSR count). The van der Waals surface area contributed by atoms with Crippen molar-refractivity contribution in [2.24, 2.45) is 0 Å². The van der Waals surface area contributed by atoms with Crippen LogP contribution in [0.15, 0.2) is 59.0 Å². The summed E-state index contributed by atoms with van der Waals surface area (Å²) in [6.45, 7) is 8.01. The number of fused-ring (bicyclic) bond motifs is 1. The number of aryl methyl sites for hydroxylation is 1. The van der Waals surface area contributed by atoms with Crippen molar-refractivity contribution in [2.45, 2.75) is 37.2 Å². The highest BCUT2D eigenvalue weighted by molar-refractivity contribution is 8.00. The summed E-state index contributed by atoms with van der Waals surface area (Å²) in [5.41, 5.74) is 0.747. The molecule has 0 spiro atoms. The Kier molecular flexibility index (Phi) is 6.36. The number of benzene rings is 1. The van der Waals surface area contributed by atoms with E-state index in [2.05, 4.69) is 13.5 Å². The van der Waals surface area contributed by atoms with Crippen LogP contribution in [-0.2, 0) is 17.8 Å². The molecule has 0 saturated heterocycles. The Labute approximate surface area is 172 Å². The van der Waals surface area contributed by atoms with E-state index >= 15 is 0 Å². The monoisotopic (exact) mass is 413 g/mol. The second-order valence-corrected chi connectivity index (χ2v) is 8.80. The van der Waals surface area contributed by atoms with Crippen LogP contribution in [0.5, 0.6) is 0 Å². The number of aromatic nitrogens is 2. The minimum Gasteiger partial charge on any atom is -0.315 e. The summed E-state index contributed by atoms with van der Waals surface area (Å²) >= 11 is 2.84. The van der Waals surface area contributed by atoms with Gasteiger partial charge in [-0.25, -0.2) is 4.98 Å². The Morgan fingerprint density at radius 3 is 2.75 bits per heavy atom. The molecule has 1 atom stereocenters. The van der Waals surface area contributed by atoms with Crippen molar-refractivity contribution in [3.8, 4) is 0 Å². The van der Waals surface area contributed by atoms with Gasteiger partial charge in [-0.05, 0) is 31.5 Å². The molecular formula is C21H23N3O2S2. The van der Waals surface area contributed by atoms with E-state index < -0.39 is 5.25 Å². The number of carbonyl (C=O) groups is 1. The first-order valence-corrected chi connectivity index (χ1v) is 10.8. The molecule has 2 heterocycles. The molecule has 1 unspecified atom stereocenters. The molecule has 146 valence electrons. The van der Waals surface area contributed by atoms with E-state index in [0.717, 1.165) is 21.8 Å². The van der Waals surface area contributed by atoms with Gasteiger partial charge in [0.05, 0.1) is 10.6 Å². The van der Waals surface area contributed by atoms with Gasteiger partial charge in [0.2, 0.25) is 5.91 Å². The van der Waals surface area contributed by atoms with Crippen molar-refractivity contribution < 1.29 is 4.79 Å². The maximum Gasteiger partial charge on any atom is 0.263 e. The predicted molar refractivity (Wildman–Crippen MR) is 119 cm³/mol. The van der Waals surface area contributed by atoms with E-state index in [1.54, 1.807) is 22.6 Å². The minimum atomic E-state index is -0.392. The molecule has 28 heavy (non-hydrogen) atoms.